The standard InChI is InChI=1S/C16H27NO5/c1-16(2,3)22-14(19)10-12(15(20)21-4)17-13(18)9-11-7-5-6-8-11/h11-12H,5-10H2,1-4H3,(H,17,18)/t12-/m1/s1. The molecule has 0 aromatic carbocycles. The molecule has 0 radical (unpaired) electrons. The van der Waals surface area contributed by atoms with Crippen molar-refractivity contribution < 1.29 is 23.9 Å². The lowest BCUT2D eigenvalue weighted by molar-refractivity contribution is -0.159. The van der Waals surface area contributed by atoms with Crippen LogP contribution in [-0.2, 0) is 23.9 Å². The molecule has 0 spiro atoms. The highest BCUT2D eigenvalue weighted by Gasteiger charge is 2.28. The molecule has 0 saturated heterocycles. The maximum absolute atomic E-state index is 12.0. The minimum atomic E-state index is -0.992. The van der Waals surface area contributed by atoms with Crippen molar-refractivity contribution in [1.82, 2.24) is 5.32 Å². The minimum absolute atomic E-state index is 0.217. The Morgan fingerprint density at radius 3 is 2.27 bits per heavy atom. The van der Waals surface area contributed by atoms with Gasteiger partial charge in [-0.25, -0.2) is 4.79 Å². The molecule has 0 aliphatic heterocycles. The summed E-state index contributed by atoms with van der Waals surface area (Å²) in [5.74, 6) is -1.01. The predicted octanol–water partition coefficient (Wildman–Crippen LogP) is 1.96. The first-order chi connectivity index (χ1) is 10.2. The summed E-state index contributed by atoms with van der Waals surface area (Å²) in [7, 11) is 1.23. The van der Waals surface area contributed by atoms with Crippen LogP contribution in [0, 0.1) is 5.92 Å². The third-order valence-electron chi connectivity index (χ3n) is 3.56. The number of carbonyl (C=O) groups excluding carboxylic acids is 3. The zero-order valence-corrected chi connectivity index (χ0v) is 13.9. The molecule has 0 heterocycles. The van der Waals surface area contributed by atoms with E-state index in [4.69, 9.17) is 4.74 Å². The number of ether oxygens (including phenoxy) is 2. The van der Waals surface area contributed by atoms with E-state index >= 15 is 0 Å². The Labute approximate surface area is 131 Å². The van der Waals surface area contributed by atoms with E-state index in [0.717, 1.165) is 25.7 Å². The molecule has 6 nitrogen and oxygen atoms in total. The van der Waals surface area contributed by atoms with Gasteiger partial charge in [0, 0.05) is 6.42 Å². The maximum Gasteiger partial charge on any atom is 0.328 e. The average Bonchev–Trinajstić information content (AvgIpc) is 2.87. The molecule has 22 heavy (non-hydrogen) atoms. The second-order valence-corrected chi connectivity index (χ2v) is 6.79. The Morgan fingerprint density at radius 2 is 1.77 bits per heavy atom. The van der Waals surface area contributed by atoms with Gasteiger partial charge < -0.3 is 14.8 Å². The van der Waals surface area contributed by atoms with Crippen LogP contribution in [0.4, 0.5) is 0 Å². The minimum Gasteiger partial charge on any atom is -0.467 e. The molecule has 1 fully saturated rings. The summed E-state index contributed by atoms with van der Waals surface area (Å²) in [4.78, 5) is 35.6. The van der Waals surface area contributed by atoms with Crippen LogP contribution in [-0.4, -0.2) is 36.6 Å². The number of nitrogens with one attached hydrogen (secondary N) is 1. The van der Waals surface area contributed by atoms with E-state index in [1.165, 1.54) is 7.11 Å². The van der Waals surface area contributed by atoms with Gasteiger partial charge in [0.25, 0.3) is 0 Å². The molecule has 0 bridgehead atoms. The number of hydrogen-bond acceptors (Lipinski definition) is 5. The molecular weight excluding hydrogens is 286 g/mol. The number of carbonyl (C=O) groups is 3. The molecule has 1 saturated carbocycles. The van der Waals surface area contributed by atoms with Crippen molar-refractivity contribution in [3.63, 3.8) is 0 Å². The quantitative estimate of drug-likeness (QED) is 0.758. The van der Waals surface area contributed by atoms with E-state index in [9.17, 15) is 14.4 Å². The van der Waals surface area contributed by atoms with Gasteiger partial charge in [-0.3, -0.25) is 9.59 Å². The Kier molecular flexibility index (Phi) is 6.84. The molecule has 0 unspecified atom stereocenters. The highest BCUT2D eigenvalue weighted by Crippen LogP contribution is 2.27. The molecule has 6 heteroatoms. The van der Waals surface area contributed by atoms with Crippen molar-refractivity contribution in [2.45, 2.75) is 70.9 Å². The Morgan fingerprint density at radius 1 is 1.18 bits per heavy atom. The third kappa shape index (κ3) is 6.91. The smallest absolute Gasteiger partial charge is 0.328 e. The van der Waals surface area contributed by atoms with Crippen molar-refractivity contribution in [1.29, 1.82) is 0 Å². The van der Waals surface area contributed by atoms with Crippen LogP contribution in [0.15, 0.2) is 0 Å². The molecule has 1 rings (SSSR count). The SMILES string of the molecule is COC(=O)[C@@H](CC(=O)OC(C)(C)C)NC(=O)CC1CCCC1. The molecule has 1 amide bonds. The monoisotopic (exact) mass is 313 g/mol. The van der Waals surface area contributed by atoms with Crippen LogP contribution in [0.25, 0.3) is 0 Å². The summed E-state index contributed by atoms with van der Waals surface area (Å²) < 4.78 is 9.83. The number of hydrogen-bond donors (Lipinski definition) is 1. The molecule has 126 valence electrons. The van der Waals surface area contributed by atoms with E-state index in [1.54, 1.807) is 20.8 Å². The Balaban J connectivity index is 2.54. The highest BCUT2D eigenvalue weighted by molar-refractivity contribution is 5.88. The van der Waals surface area contributed by atoms with Crippen LogP contribution in [0.1, 0.15) is 59.3 Å². The van der Waals surface area contributed by atoms with Crippen LogP contribution in [0.2, 0.25) is 0 Å². The van der Waals surface area contributed by atoms with Gasteiger partial charge in [0.15, 0.2) is 0 Å². The fourth-order valence-electron chi connectivity index (χ4n) is 2.62. The first-order valence-electron chi connectivity index (χ1n) is 7.80. The van der Waals surface area contributed by atoms with Gasteiger partial charge in [-0.2, -0.15) is 0 Å². The number of methoxy groups -OCH3 is 1. The van der Waals surface area contributed by atoms with E-state index in [1.807, 2.05) is 0 Å². The normalized spacial score (nSPS) is 16.9. The molecule has 1 aliphatic rings. The van der Waals surface area contributed by atoms with E-state index in [2.05, 4.69) is 10.1 Å². The summed E-state index contributed by atoms with van der Waals surface area (Å²) in [5.41, 5.74) is -0.633. The van der Waals surface area contributed by atoms with Crippen molar-refractivity contribution in [3.05, 3.63) is 0 Å². The third-order valence-corrected chi connectivity index (χ3v) is 3.56. The number of esters is 2. The van der Waals surface area contributed by atoms with E-state index in [0.29, 0.717) is 12.3 Å². The Hall–Kier alpha value is -1.59. The van der Waals surface area contributed by atoms with Gasteiger partial charge in [-0.15, -0.1) is 0 Å². The van der Waals surface area contributed by atoms with Gasteiger partial charge in [-0.1, -0.05) is 12.8 Å². The van der Waals surface area contributed by atoms with Crippen molar-refractivity contribution in [3.8, 4) is 0 Å². The van der Waals surface area contributed by atoms with Gasteiger partial charge in [0.2, 0.25) is 5.91 Å². The summed E-state index contributed by atoms with van der Waals surface area (Å²) in [6.07, 6.45) is 4.56. The second-order valence-electron chi connectivity index (χ2n) is 6.79. The summed E-state index contributed by atoms with van der Waals surface area (Å²) in [6.45, 7) is 5.24. The first-order valence-corrected chi connectivity index (χ1v) is 7.80. The van der Waals surface area contributed by atoms with Gasteiger partial charge in [0.05, 0.1) is 13.5 Å². The molecule has 1 atom stereocenters. The van der Waals surface area contributed by atoms with Crippen LogP contribution in [0.3, 0.4) is 0 Å². The Bertz CT molecular complexity index is 407. The largest absolute Gasteiger partial charge is 0.467 e. The van der Waals surface area contributed by atoms with E-state index in [-0.39, 0.29) is 12.3 Å². The summed E-state index contributed by atoms with van der Waals surface area (Å²) in [6, 6.07) is -0.992. The van der Waals surface area contributed by atoms with Crippen LogP contribution in [0.5, 0.6) is 0 Å². The molecule has 1 N–H and O–H groups in total. The fourth-order valence-corrected chi connectivity index (χ4v) is 2.62. The van der Waals surface area contributed by atoms with Gasteiger partial charge in [-0.05, 0) is 39.5 Å². The number of amides is 1. The molecular formula is C16H27NO5. The first kappa shape index (κ1) is 18.5. The summed E-state index contributed by atoms with van der Waals surface area (Å²) >= 11 is 0. The summed E-state index contributed by atoms with van der Waals surface area (Å²) in [5, 5.41) is 2.60. The van der Waals surface area contributed by atoms with Crippen molar-refractivity contribution in [2.75, 3.05) is 7.11 Å². The molecule has 0 aromatic heterocycles. The lowest BCUT2D eigenvalue weighted by atomic mass is 10.0. The van der Waals surface area contributed by atoms with Gasteiger partial charge in [0.1, 0.15) is 11.6 Å². The van der Waals surface area contributed by atoms with Crippen molar-refractivity contribution in [2.24, 2.45) is 5.92 Å². The maximum atomic E-state index is 12.0. The zero-order chi connectivity index (χ0) is 16.8. The molecule has 0 aromatic rings. The van der Waals surface area contributed by atoms with Gasteiger partial charge >= 0.3 is 11.9 Å². The fraction of sp³-hybridized carbons (Fsp3) is 0.812. The highest BCUT2D eigenvalue weighted by atomic mass is 16.6. The van der Waals surface area contributed by atoms with Crippen LogP contribution < -0.4 is 5.32 Å². The lowest BCUT2D eigenvalue weighted by Crippen LogP contribution is -2.44. The zero-order valence-electron chi connectivity index (χ0n) is 13.9. The number of rotatable bonds is 6. The van der Waals surface area contributed by atoms with E-state index < -0.39 is 23.6 Å². The van der Waals surface area contributed by atoms with Crippen LogP contribution >= 0.6 is 0 Å². The topological polar surface area (TPSA) is 81.7 Å². The predicted molar refractivity (Wildman–Crippen MR) is 81.0 cm³/mol. The van der Waals surface area contributed by atoms with Crippen molar-refractivity contribution >= 4 is 17.8 Å². The average molecular weight is 313 g/mol. The second kappa shape index (κ2) is 8.15. The lowest BCUT2D eigenvalue weighted by Gasteiger charge is -2.22. The molecule has 1 aliphatic carbocycles.